The summed E-state index contributed by atoms with van der Waals surface area (Å²) in [7, 11) is 0. The van der Waals surface area contributed by atoms with Gasteiger partial charge in [0.1, 0.15) is 17.2 Å². The Kier molecular flexibility index (Phi) is 3.57. The van der Waals surface area contributed by atoms with E-state index in [9.17, 15) is 13.2 Å². The first-order valence-corrected chi connectivity index (χ1v) is 8.88. The van der Waals surface area contributed by atoms with Gasteiger partial charge in [0.2, 0.25) is 0 Å². The van der Waals surface area contributed by atoms with Crippen LogP contribution in [0.1, 0.15) is 12.0 Å². The molecule has 5 heterocycles. The molecule has 2 aliphatic rings. The van der Waals surface area contributed by atoms with Gasteiger partial charge in [-0.15, -0.1) is 0 Å². The number of hydrogen-bond donors (Lipinski definition) is 0. The number of alkyl halides is 3. The number of aromatic nitrogens is 2. The molecule has 0 amide bonds. The Morgan fingerprint density at radius 2 is 1.93 bits per heavy atom. The summed E-state index contributed by atoms with van der Waals surface area (Å²) < 4.78 is 44.5. The molecule has 0 aromatic carbocycles. The zero-order valence-corrected chi connectivity index (χ0v) is 14.4. The van der Waals surface area contributed by atoms with E-state index in [1.807, 2.05) is 17.0 Å². The second kappa shape index (κ2) is 5.87. The van der Waals surface area contributed by atoms with Crippen molar-refractivity contribution in [1.82, 2.24) is 9.97 Å². The van der Waals surface area contributed by atoms with E-state index in [-0.39, 0.29) is 6.04 Å². The molecule has 2 saturated heterocycles. The normalized spacial score (nSPS) is 22.6. The Labute approximate surface area is 153 Å². The van der Waals surface area contributed by atoms with Gasteiger partial charge in [0.15, 0.2) is 0 Å². The second-order valence-electron chi connectivity index (χ2n) is 7.08. The van der Waals surface area contributed by atoms with Gasteiger partial charge in [0.05, 0.1) is 23.3 Å². The SMILES string of the molecule is FC(F)(F)c1ccnc(N2CC3CCN(c4nccc5occc45)C3C2)c1. The zero-order chi connectivity index (χ0) is 18.6. The quantitative estimate of drug-likeness (QED) is 0.680. The van der Waals surface area contributed by atoms with Crippen molar-refractivity contribution in [2.75, 3.05) is 29.4 Å². The van der Waals surface area contributed by atoms with Crippen LogP contribution in [0.5, 0.6) is 0 Å². The number of hydrogen-bond acceptors (Lipinski definition) is 5. The lowest BCUT2D eigenvalue weighted by Gasteiger charge is -2.26. The van der Waals surface area contributed by atoms with Gasteiger partial charge in [-0.3, -0.25) is 0 Å². The van der Waals surface area contributed by atoms with Crippen molar-refractivity contribution >= 4 is 22.6 Å². The van der Waals surface area contributed by atoms with E-state index < -0.39 is 11.7 Å². The summed E-state index contributed by atoms with van der Waals surface area (Å²) >= 11 is 0. The van der Waals surface area contributed by atoms with Crippen LogP contribution in [-0.2, 0) is 6.18 Å². The van der Waals surface area contributed by atoms with Crippen molar-refractivity contribution in [3.8, 4) is 0 Å². The van der Waals surface area contributed by atoms with Gasteiger partial charge in [-0.1, -0.05) is 0 Å². The monoisotopic (exact) mass is 374 g/mol. The highest BCUT2D eigenvalue weighted by Gasteiger charge is 2.43. The predicted octanol–water partition coefficient (Wildman–Crippen LogP) is 3.96. The van der Waals surface area contributed by atoms with Crippen molar-refractivity contribution < 1.29 is 17.6 Å². The van der Waals surface area contributed by atoms with E-state index in [1.165, 1.54) is 6.20 Å². The van der Waals surface area contributed by atoms with Gasteiger partial charge in [0, 0.05) is 37.9 Å². The fraction of sp³-hybridized carbons (Fsp3) is 0.368. The van der Waals surface area contributed by atoms with E-state index in [0.717, 1.165) is 41.9 Å². The number of anilines is 2. The third-order valence-corrected chi connectivity index (χ3v) is 5.58. The van der Waals surface area contributed by atoms with Crippen LogP contribution in [0.3, 0.4) is 0 Å². The maximum atomic E-state index is 13.0. The summed E-state index contributed by atoms with van der Waals surface area (Å²) in [6.07, 6.45) is 1.24. The lowest BCUT2D eigenvalue weighted by molar-refractivity contribution is -0.137. The first-order valence-electron chi connectivity index (χ1n) is 8.88. The minimum atomic E-state index is -4.36. The second-order valence-corrected chi connectivity index (χ2v) is 7.08. The number of furan rings is 1. The molecule has 27 heavy (non-hydrogen) atoms. The highest BCUT2D eigenvalue weighted by Crippen LogP contribution is 2.39. The summed E-state index contributed by atoms with van der Waals surface area (Å²) in [6.45, 7) is 2.22. The first kappa shape index (κ1) is 16.4. The number of fused-ring (bicyclic) bond motifs is 2. The van der Waals surface area contributed by atoms with Gasteiger partial charge in [0.25, 0.3) is 0 Å². The van der Waals surface area contributed by atoms with E-state index >= 15 is 0 Å². The molecular weight excluding hydrogens is 357 g/mol. The van der Waals surface area contributed by atoms with E-state index in [2.05, 4.69) is 14.9 Å². The maximum absolute atomic E-state index is 13.0. The third-order valence-electron chi connectivity index (χ3n) is 5.58. The topological polar surface area (TPSA) is 45.4 Å². The molecule has 2 aliphatic heterocycles. The minimum absolute atomic E-state index is 0.203. The van der Waals surface area contributed by atoms with Gasteiger partial charge in [-0.25, -0.2) is 9.97 Å². The van der Waals surface area contributed by atoms with E-state index in [4.69, 9.17) is 4.42 Å². The van der Waals surface area contributed by atoms with Crippen LogP contribution in [0.15, 0.2) is 47.3 Å². The Bertz CT molecular complexity index is 986. The predicted molar refractivity (Wildman–Crippen MR) is 94.7 cm³/mol. The van der Waals surface area contributed by atoms with Crippen LogP contribution in [0.4, 0.5) is 24.8 Å². The molecule has 2 unspecified atom stereocenters. The summed E-state index contributed by atoms with van der Waals surface area (Å²) in [5, 5.41) is 0.966. The van der Waals surface area contributed by atoms with E-state index in [0.29, 0.717) is 24.8 Å². The molecule has 5 rings (SSSR count). The molecule has 0 radical (unpaired) electrons. The molecule has 2 fully saturated rings. The molecule has 2 atom stereocenters. The average molecular weight is 374 g/mol. The van der Waals surface area contributed by atoms with Crippen molar-refractivity contribution in [2.45, 2.75) is 18.6 Å². The van der Waals surface area contributed by atoms with Crippen LogP contribution >= 0.6 is 0 Å². The Balaban J connectivity index is 1.43. The van der Waals surface area contributed by atoms with Crippen LogP contribution in [0, 0.1) is 5.92 Å². The van der Waals surface area contributed by atoms with Crippen LogP contribution in [0.25, 0.3) is 11.0 Å². The van der Waals surface area contributed by atoms with Crippen molar-refractivity contribution in [3.05, 3.63) is 48.5 Å². The van der Waals surface area contributed by atoms with Crippen molar-refractivity contribution in [3.63, 3.8) is 0 Å². The molecule has 0 aliphatic carbocycles. The summed E-state index contributed by atoms with van der Waals surface area (Å²) in [5.74, 6) is 1.64. The number of nitrogens with zero attached hydrogens (tertiary/aromatic N) is 4. The lowest BCUT2D eigenvalue weighted by atomic mass is 10.1. The Morgan fingerprint density at radius 3 is 2.78 bits per heavy atom. The number of rotatable bonds is 2. The largest absolute Gasteiger partial charge is 0.464 e. The standard InChI is InChI=1S/C19H17F3N4O/c20-19(21,22)13-1-5-23-17(9-13)25-10-12-3-7-26(15(12)11-25)18-14-4-8-27-16(14)2-6-24-18/h1-2,4-6,8-9,12,15H,3,7,10-11H2. The summed E-state index contributed by atoms with van der Waals surface area (Å²) in [5.41, 5.74) is 0.129. The van der Waals surface area contributed by atoms with Gasteiger partial charge in [-0.2, -0.15) is 13.2 Å². The van der Waals surface area contributed by atoms with Crippen LogP contribution < -0.4 is 9.80 Å². The van der Waals surface area contributed by atoms with Gasteiger partial charge < -0.3 is 14.2 Å². The molecule has 0 N–H and O–H groups in total. The number of halogens is 3. The lowest BCUT2D eigenvalue weighted by Crippen LogP contribution is -2.36. The van der Waals surface area contributed by atoms with Crippen molar-refractivity contribution in [2.24, 2.45) is 5.92 Å². The average Bonchev–Trinajstić information content (AvgIpc) is 3.36. The molecule has 0 bridgehead atoms. The molecule has 0 saturated carbocycles. The molecular formula is C19H17F3N4O. The number of pyridine rings is 2. The van der Waals surface area contributed by atoms with Gasteiger partial charge >= 0.3 is 6.18 Å². The fourth-order valence-corrected chi connectivity index (χ4v) is 4.29. The summed E-state index contributed by atoms with van der Waals surface area (Å²) in [4.78, 5) is 12.9. The maximum Gasteiger partial charge on any atom is 0.416 e. The highest BCUT2D eigenvalue weighted by molar-refractivity contribution is 5.88. The summed E-state index contributed by atoms with van der Waals surface area (Å²) in [6, 6.07) is 6.09. The minimum Gasteiger partial charge on any atom is -0.464 e. The molecule has 3 aromatic heterocycles. The molecule has 8 heteroatoms. The molecule has 5 nitrogen and oxygen atoms in total. The molecule has 3 aromatic rings. The smallest absolute Gasteiger partial charge is 0.416 e. The zero-order valence-electron chi connectivity index (χ0n) is 14.4. The highest BCUT2D eigenvalue weighted by atomic mass is 19.4. The van der Waals surface area contributed by atoms with E-state index in [1.54, 1.807) is 12.5 Å². The van der Waals surface area contributed by atoms with Crippen molar-refractivity contribution in [1.29, 1.82) is 0 Å². The Morgan fingerprint density at radius 1 is 1.07 bits per heavy atom. The molecule has 140 valence electrons. The Hall–Kier alpha value is -2.77. The van der Waals surface area contributed by atoms with Crippen LogP contribution in [0.2, 0.25) is 0 Å². The third kappa shape index (κ3) is 2.70. The fourth-order valence-electron chi connectivity index (χ4n) is 4.29. The van der Waals surface area contributed by atoms with Crippen LogP contribution in [-0.4, -0.2) is 35.6 Å². The first-order chi connectivity index (χ1) is 13.0. The molecule has 0 spiro atoms. The van der Waals surface area contributed by atoms with Gasteiger partial charge in [-0.05, 0) is 30.7 Å².